The van der Waals surface area contributed by atoms with Gasteiger partial charge in [-0.1, -0.05) is 0 Å². The third-order valence-corrected chi connectivity index (χ3v) is 3.41. The fourth-order valence-corrected chi connectivity index (χ4v) is 2.18. The van der Waals surface area contributed by atoms with Crippen molar-refractivity contribution >= 4 is 27.3 Å². The Morgan fingerprint density at radius 1 is 1.67 bits per heavy atom. The molecule has 0 aliphatic heterocycles. The molecule has 0 amide bonds. The molecule has 1 heterocycles. The van der Waals surface area contributed by atoms with E-state index >= 15 is 0 Å². The zero-order chi connectivity index (χ0) is 9.35. The molecule has 1 nitrogen and oxygen atoms in total. The molecule has 1 rings (SSSR count). The molecule has 0 radical (unpaired) electrons. The van der Waals surface area contributed by atoms with Gasteiger partial charge in [0.15, 0.2) is 5.60 Å². The third-order valence-electron chi connectivity index (χ3n) is 1.49. The van der Waals surface area contributed by atoms with Gasteiger partial charge in [-0.3, -0.25) is 0 Å². The minimum Gasteiger partial charge on any atom is -0.379 e. The van der Waals surface area contributed by atoms with Crippen molar-refractivity contribution in [1.29, 1.82) is 0 Å². The Morgan fingerprint density at radius 2 is 2.25 bits per heavy atom. The van der Waals surface area contributed by atoms with Crippen LogP contribution in [0.2, 0.25) is 0 Å². The van der Waals surface area contributed by atoms with Crippen molar-refractivity contribution in [3.8, 4) is 0 Å². The second kappa shape index (κ2) is 3.40. The average Bonchev–Trinajstić information content (AvgIpc) is 2.35. The molecule has 0 aliphatic carbocycles. The Bertz CT molecular complexity index is 272. The SMILES string of the molecule is CC(O)(c1cc(Br)cs1)C(F)F. The van der Waals surface area contributed by atoms with E-state index in [1.165, 1.54) is 6.07 Å². The van der Waals surface area contributed by atoms with Crippen LogP contribution in [0.3, 0.4) is 0 Å². The van der Waals surface area contributed by atoms with Gasteiger partial charge in [-0.05, 0) is 28.9 Å². The van der Waals surface area contributed by atoms with E-state index in [0.717, 1.165) is 18.3 Å². The first-order chi connectivity index (χ1) is 5.44. The van der Waals surface area contributed by atoms with Crippen LogP contribution in [0, 0.1) is 0 Å². The highest BCUT2D eigenvalue weighted by atomic mass is 79.9. The fraction of sp³-hybridized carbons (Fsp3) is 0.429. The molecule has 1 aromatic heterocycles. The summed E-state index contributed by atoms with van der Waals surface area (Å²) in [7, 11) is 0. The van der Waals surface area contributed by atoms with Gasteiger partial charge in [0.25, 0.3) is 6.43 Å². The molecule has 0 bridgehead atoms. The lowest BCUT2D eigenvalue weighted by molar-refractivity contribution is -0.0859. The molecule has 0 saturated carbocycles. The number of thiophene rings is 1. The zero-order valence-electron chi connectivity index (χ0n) is 6.22. The van der Waals surface area contributed by atoms with Crippen molar-refractivity contribution in [2.75, 3.05) is 0 Å². The maximum absolute atomic E-state index is 12.2. The van der Waals surface area contributed by atoms with E-state index in [2.05, 4.69) is 15.9 Å². The van der Waals surface area contributed by atoms with Crippen molar-refractivity contribution in [2.24, 2.45) is 0 Å². The van der Waals surface area contributed by atoms with Gasteiger partial charge in [-0.2, -0.15) is 0 Å². The largest absolute Gasteiger partial charge is 0.379 e. The summed E-state index contributed by atoms with van der Waals surface area (Å²) in [6, 6.07) is 1.50. The van der Waals surface area contributed by atoms with Crippen LogP contribution in [0.25, 0.3) is 0 Å². The number of hydrogen-bond acceptors (Lipinski definition) is 2. The van der Waals surface area contributed by atoms with Crippen LogP contribution in [0.4, 0.5) is 8.78 Å². The molecule has 5 heteroatoms. The fourth-order valence-electron chi connectivity index (χ4n) is 0.686. The minimum absolute atomic E-state index is 0.268. The number of halogens is 3. The van der Waals surface area contributed by atoms with Gasteiger partial charge in [-0.25, -0.2) is 8.78 Å². The summed E-state index contributed by atoms with van der Waals surface area (Å²) in [6.07, 6.45) is -2.76. The highest BCUT2D eigenvalue weighted by molar-refractivity contribution is 9.10. The van der Waals surface area contributed by atoms with Crippen LogP contribution < -0.4 is 0 Å². The van der Waals surface area contributed by atoms with Gasteiger partial charge in [0.1, 0.15) is 0 Å². The van der Waals surface area contributed by atoms with Crippen LogP contribution in [0.5, 0.6) is 0 Å². The summed E-state index contributed by atoms with van der Waals surface area (Å²) < 4.78 is 25.2. The van der Waals surface area contributed by atoms with Crippen LogP contribution in [-0.4, -0.2) is 11.5 Å². The number of alkyl halides is 2. The second-order valence-electron chi connectivity index (χ2n) is 2.58. The maximum atomic E-state index is 12.2. The highest BCUT2D eigenvalue weighted by Gasteiger charge is 2.35. The first-order valence-electron chi connectivity index (χ1n) is 3.19. The Kier molecular flexibility index (Phi) is 2.85. The van der Waals surface area contributed by atoms with Crippen LogP contribution in [-0.2, 0) is 5.60 Å². The Morgan fingerprint density at radius 3 is 2.58 bits per heavy atom. The summed E-state index contributed by atoms with van der Waals surface area (Å²) in [4.78, 5) is 0.268. The molecule has 1 aromatic rings. The molecule has 68 valence electrons. The van der Waals surface area contributed by atoms with Crippen molar-refractivity contribution < 1.29 is 13.9 Å². The number of hydrogen-bond donors (Lipinski definition) is 1. The summed E-state index contributed by atoms with van der Waals surface area (Å²) in [5.74, 6) is 0. The third kappa shape index (κ3) is 1.84. The zero-order valence-corrected chi connectivity index (χ0v) is 8.62. The summed E-state index contributed by atoms with van der Waals surface area (Å²) in [5, 5.41) is 11.0. The molecule has 0 fully saturated rings. The Balaban J connectivity index is 2.97. The van der Waals surface area contributed by atoms with E-state index in [0.29, 0.717) is 4.47 Å². The van der Waals surface area contributed by atoms with E-state index < -0.39 is 12.0 Å². The van der Waals surface area contributed by atoms with Gasteiger partial charge < -0.3 is 5.11 Å². The molecule has 12 heavy (non-hydrogen) atoms. The van der Waals surface area contributed by atoms with Gasteiger partial charge >= 0.3 is 0 Å². The normalized spacial score (nSPS) is 16.5. The number of aliphatic hydroxyl groups is 1. The van der Waals surface area contributed by atoms with Crippen LogP contribution in [0.1, 0.15) is 11.8 Å². The lowest BCUT2D eigenvalue weighted by Gasteiger charge is -2.19. The smallest absolute Gasteiger partial charge is 0.271 e. The second-order valence-corrected chi connectivity index (χ2v) is 4.40. The van der Waals surface area contributed by atoms with Crippen molar-refractivity contribution in [1.82, 2.24) is 0 Å². The predicted octanol–water partition coefficient (Wildman–Crippen LogP) is 2.98. The topological polar surface area (TPSA) is 20.2 Å². The predicted molar refractivity (Wildman–Crippen MR) is 47.6 cm³/mol. The van der Waals surface area contributed by atoms with E-state index in [9.17, 15) is 13.9 Å². The molecular weight excluding hydrogens is 250 g/mol. The lowest BCUT2D eigenvalue weighted by Crippen LogP contribution is -2.29. The lowest BCUT2D eigenvalue weighted by atomic mass is 10.1. The molecule has 0 spiro atoms. The van der Waals surface area contributed by atoms with E-state index in [-0.39, 0.29) is 4.88 Å². The van der Waals surface area contributed by atoms with Gasteiger partial charge in [-0.15, -0.1) is 11.3 Å². The molecule has 0 aromatic carbocycles. The van der Waals surface area contributed by atoms with Gasteiger partial charge in [0, 0.05) is 14.7 Å². The standard InChI is InChI=1S/C7H7BrF2OS/c1-7(11,6(9)10)5-2-4(8)3-12-5/h2-3,6,11H,1H3. The average molecular weight is 257 g/mol. The van der Waals surface area contributed by atoms with Crippen molar-refractivity contribution in [3.05, 3.63) is 20.8 Å². The molecule has 1 unspecified atom stereocenters. The van der Waals surface area contributed by atoms with E-state index in [1.807, 2.05) is 0 Å². The molecule has 0 saturated heterocycles. The van der Waals surface area contributed by atoms with E-state index in [4.69, 9.17) is 0 Å². The molecular formula is C7H7BrF2OS. The summed E-state index contributed by atoms with van der Waals surface area (Å²) in [6.45, 7) is 1.11. The monoisotopic (exact) mass is 256 g/mol. The Labute approximate surface area is 81.2 Å². The quantitative estimate of drug-likeness (QED) is 0.863. The van der Waals surface area contributed by atoms with Crippen LogP contribution in [0.15, 0.2) is 15.9 Å². The summed E-state index contributed by atoms with van der Waals surface area (Å²) >= 11 is 4.24. The maximum Gasteiger partial charge on any atom is 0.271 e. The minimum atomic E-state index is -2.76. The first-order valence-corrected chi connectivity index (χ1v) is 4.87. The van der Waals surface area contributed by atoms with E-state index in [1.54, 1.807) is 5.38 Å². The van der Waals surface area contributed by atoms with Gasteiger partial charge in [0.2, 0.25) is 0 Å². The molecule has 1 N–H and O–H groups in total. The summed E-state index contributed by atoms with van der Waals surface area (Å²) in [5.41, 5.74) is -2.03. The van der Waals surface area contributed by atoms with Crippen LogP contribution >= 0.6 is 27.3 Å². The van der Waals surface area contributed by atoms with Crippen molar-refractivity contribution in [2.45, 2.75) is 19.0 Å². The Hall–Kier alpha value is -0.0000000000000000833. The van der Waals surface area contributed by atoms with Gasteiger partial charge in [0.05, 0.1) is 0 Å². The molecule has 0 aliphatic rings. The van der Waals surface area contributed by atoms with Crippen molar-refractivity contribution in [3.63, 3.8) is 0 Å². The first kappa shape index (κ1) is 10.1. The molecule has 1 atom stereocenters. The highest BCUT2D eigenvalue weighted by Crippen LogP contribution is 2.33. The number of rotatable bonds is 2.